The van der Waals surface area contributed by atoms with Gasteiger partial charge in [0.25, 0.3) is 0 Å². The summed E-state index contributed by atoms with van der Waals surface area (Å²) in [5, 5.41) is 18.1. The monoisotopic (exact) mass is 172 g/mol. The van der Waals surface area contributed by atoms with Gasteiger partial charge in [0.05, 0.1) is 6.61 Å². The fourth-order valence-electron chi connectivity index (χ4n) is 1.18. The van der Waals surface area contributed by atoms with Crippen LogP contribution in [0.5, 0.6) is 0 Å². The minimum Gasteiger partial charge on any atom is -0.393 e. The van der Waals surface area contributed by atoms with Crippen molar-refractivity contribution < 1.29 is 14.9 Å². The Morgan fingerprint density at radius 2 is 2.25 bits per heavy atom. The Morgan fingerprint density at radius 1 is 1.58 bits per heavy atom. The average Bonchev–Trinajstić information content (AvgIpc) is 2.61. The predicted molar refractivity (Wildman–Crippen MR) is 45.6 cm³/mol. The van der Waals surface area contributed by atoms with E-state index in [9.17, 15) is 5.11 Å². The molecule has 0 unspecified atom stereocenters. The molecule has 1 saturated heterocycles. The molecule has 1 rings (SSSR count). The average molecular weight is 172 g/mol. The van der Waals surface area contributed by atoms with Crippen molar-refractivity contribution in [2.75, 3.05) is 6.61 Å². The lowest BCUT2D eigenvalue weighted by Crippen LogP contribution is -2.15. The lowest BCUT2D eigenvalue weighted by molar-refractivity contribution is 0.0295. The van der Waals surface area contributed by atoms with E-state index in [-0.39, 0.29) is 12.7 Å². The Labute approximate surface area is 72.7 Å². The van der Waals surface area contributed by atoms with E-state index in [2.05, 4.69) is 0 Å². The Kier molecular flexibility index (Phi) is 2.88. The molecule has 0 bridgehead atoms. The maximum atomic E-state index is 9.49. The van der Waals surface area contributed by atoms with Gasteiger partial charge in [-0.25, -0.2) is 0 Å². The fourth-order valence-corrected chi connectivity index (χ4v) is 1.18. The summed E-state index contributed by atoms with van der Waals surface area (Å²) in [6, 6.07) is 0. The van der Waals surface area contributed by atoms with E-state index in [1.807, 2.05) is 19.9 Å². The maximum Gasteiger partial charge on any atom is 0.195 e. The summed E-state index contributed by atoms with van der Waals surface area (Å²) < 4.78 is 4.91. The van der Waals surface area contributed by atoms with Gasteiger partial charge in [0.15, 0.2) is 5.79 Å². The Morgan fingerprint density at radius 3 is 2.67 bits per heavy atom. The molecule has 3 heteroatoms. The molecular formula is C9H16O3. The molecule has 1 heterocycles. The van der Waals surface area contributed by atoms with Crippen molar-refractivity contribution >= 4 is 0 Å². The van der Waals surface area contributed by atoms with Crippen LogP contribution in [0.2, 0.25) is 0 Å². The van der Waals surface area contributed by atoms with Gasteiger partial charge in [0, 0.05) is 6.42 Å². The minimum absolute atomic E-state index is 0.0919. The van der Waals surface area contributed by atoms with Crippen molar-refractivity contribution in [3.8, 4) is 0 Å². The number of hydrogen-bond donors (Lipinski definition) is 2. The minimum atomic E-state index is -1.04. The summed E-state index contributed by atoms with van der Waals surface area (Å²) in [5.74, 6) is -1.04. The van der Waals surface area contributed by atoms with Crippen LogP contribution in [0.1, 0.15) is 26.7 Å². The van der Waals surface area contributed by atoms with Crippen LogP contribution in [0, 0.1) is 0 Å². The van der Waals surface area contributed by atoms with Gasteiger partial charge in [-0.05, 0) is 20.3 Å². The number of rotatable bonds is 4. The van der Waals surface area contributed by atoms with Gasteiger partial charge in [-0.1, -0.05) is 11.6 Å². The highest BCUT2D eigenvalue weighted by molar-refractivity contribution is 4.98. The third kappa shape index (κ3) is 2.30. The molecular weight excluding hydrogens is 156 g/mol. The van der Waals surface area contributed by atoms with Crippen LogP contribution < -0.4 is 0 Å². The van der Waals surface area contributed by atoms with E-state index < -0.39 is 5.79 Å². The highest BCUT2D eigenvalue weighted by Crippen LogP contribution is 2.37. The van der Waals surface area contributed by atoms with Gasteiger partial charge in [0.2, 0.25) is 0 Å². The molecule has 0 aliphatic carbocycles. The summed E-state index contributed by atoms with van der Waals surface area (Å²) >= 11 is 0. The van der Waals surface area contributed by atoms with Gasteiger partial charge in [0.1, 0.15) is 6.10 Å². The Hall–Kier alpha value is -0.380. The third-order valence-corrected chi connectivity index (χ3v) is 2.01. The van der Waals surface area contributed by atoms with E-state index in [0.29, 0.717) is 6.42 Å². The normalized spacial score (nSPS) is 33.2. The summed E-state index contributed by atoms with van der Waals surface area (Å²) in [6.07, 6.45) is 3.07. The van der Waals surface area contributed by atoms with Crippen LogP contribution in [-0.4, -0.2) is 28.7 Å². The summed E-state index contributed by atoms with van der Waals surface area (Å²) in [5.41, 5.74) is 1.24. The molecule has 70 valence electrons. The topological polar surface area (TPSA) is 53.0 Å². The number of aliphatic hydroxyl groups excluding tert-OH is 1. The zero-order valence-electron chi connectivity index (χ0n) is 7.58. The second kappa shape index (κ2) is 3.56. The first-order valence-corrected chi connectivity index (χ1v) is 4.23. The van der Waals surface area contributed by atoms with E-state index in [1.165, 1.54) is 5.57 Å². The van der Waals surface area contributed by atoms with E-state index in [4.69, 9.17) is 9.84 Å². The second-order valence-corrected chi connectivity index (χ2v) is 3.45. The summed E-state index contributed by atoms with van der Waals surface area (Å²) in [6.45, 7) is 3.94. The van der Waals surface area contributed by atoms with Gasteiger partial charge in [-0.3, -0.25) is 0 Å². The smallest absolute Gasteiger partial charge is 0.195 e. The highest BCUT2D eigenvalue weighted by atomic mass is 16.7. The molecule has 0 amide bonds. The first-order valence-electron chi connectivity index (χ1n) is 4.23. The van der Waals surface area contributed by atoms with Crippen LogP contribution in [0.15, 0.2) is 11.6 Å². The lowest BCUT2D eigenvalue weighted by Gasteiger charge is -2.01. The van der Waals surface area contributed by atoms with Crippen LogP contribution in [0.4, 0.5) is 0 Å². The molecule has 0 spiro atoms. The van der Waals surface area contributed by atoms with E-state index in [0.717, 1.165) is 6.42 Å². The lowest BCUT2D eigenvalue weighted by atomic mass is 10.1. The quantitative estimate of drug-likeness (QED) is 0.487. The van der Waals surface area contributed by atoms with E-state index in [1.54, 1.807) is 0 Å². The summed E-state index contributed by atoms with van der Waals surface area (Å²) in [7, 11) is 0. The third-order valence-electron chi connectivity index (χ3n) is 2.01. The maximum absolute atomic E-state index is 9.49. The van der Waals surface area contributed by atoms with Crippen molar-refractivity contribution in [3.05, 3.63) is 11.6 Å². The zero-order chi connectivity index (χ0) is 9.19. The van der Waals surface area contributed by atoms with Crippen molar-refractivity contribution in [2.45, 2.75) is 38.6 Å². The van der Waals surface area contributed by atoms with Gasteiger partial charge in [-0.15, -0.1) is 0 Å². The molecule has 1 fully saturated rings. The number of epoxide rings is 1. The van der Waals surface area contributed by atoms with Gasteiger partial charge >= 0.3 is 0 Å². The highest BCUT2D eigenvalue weighted by Gasteiger charge is 2.54. The van der Waals surface area contributed by atoms with Crippen molar-refractivity contribution in [1.82, 2.24) is 0 Å². The fraction of sp³-hybridized carbons (Fsp3) is 0.778. The number of hydrogen-bond acceptors (Lipinski definition) is 3. The molecule has 12 heavy (non-hydrogen) atoms. The predicted octanol–water partition coefficient (Wildman–Crippen LogP) is 0.812. The van der Waals surface area contributed by atoms with Crippen LogP contribution in [0.3, 0.4) is 0 Å². The number of allylic oxidation sites excluding steroid dienone is 2. The van der Waals surface area contributed by atoms with Crippen molar-refractivity contribution in [2.24, 2.45) is 0 Å². The molecule has 1 aliphatic rings. The zero-order valence-corrected chi connectivity index (χ0v) is 7.58. The molecule has 0 aromatic rings. The molecule has 0 aromatic heterocycles. The number of ether oxygens (including phenoxy) is 1. The molecule has 0 aromatic carbocycles. The van der Waals surface area contributed by atoms with Gasteiger partial charge in [-0.2, -0.15) is 0 Å². The second-order valence-electron chi connectivity index (χ2n) is 3.45. The van der Waals surface area contributed by atoms with Crippen LogP contribution in [-0.2, 0) is 4.74 Å². The first-order chi connectivity index (χ1) is 5.58. The molecule has 1 aliphatic heterocycles. The Balaban J connectivity index is 2.21. The first kappa shape index (κ1) is 9.71. The van der Waals surface area contributed by atoms with Crippen molar-refractivity contribution in [1.29, 1.82) is 0 Å². The SMILES string of the molecule is CC(C)=CCC[C@]1(O)O[C@H]1CO. The summed E-state index contributed by atoms with van der Waals surface area (Å²) in [4.78, 5) is 0. The molecule has 2 N–H and O–H groups in total. The standard InChI is InChI=1S/C9H16O3/c1-7(2)4-3-5-9(11)8(6-10)12-9/h4,8,10-11H,3,5-6H2,1-2H3/t8-,9-/m0/s1. The van der Waals surface area contributed by atoms with E-state index >= 15 is 0 Å². The molecule has 3 nitrogen and oxygen atoms in total. The van der Waals surface area contributed by atoms with Gasteiger partial charge < -0.3 is 14.9 Å². The molecule has 2 atom stereocenters. The van der Waals surface area contributed by atoms with Crippen LogP contribution >= 0.6 is 0 Å². The van der Waals surface area contributed by atoms with Crippen LogP contribution in [0.25, 0.3) is 0 Å². The van der Waals surface area contributed by atoms with Crippen molar-refractivity contribution in [3.63, 3.8) is 0 Å². The number of aliphatic hydroxyl groups is 2. The largest absolute Gasteiger partial charge is 0.393 e. The Bertz CT molecular complexity index is 184. The molecule has 0 saturated carbocycles. The molecule has 0 radical (unpaired) electrons.